The van der Waals surface area contributed by atoms with Gasteiger partial charge in [0.1, 0.15) is 5.82 Å². The monoisotopic (exact) mass is 220 g/mol. The first-order valence-electron chi connectivity index (χ1n) is 5.93. The SMILES string of the molecule is c1ccc2c(c1)Cc1nc3ccccc3n1C2. The normalized spacial score (nSPS) is 13.4. The van der Waals surface area contributed by atoms with E-state index in [0.717, 1.165) is 18.5 Å². The number of nitrogens with zero attached hydrogens (tertiary/aromatic N) is 2. The smallest absolute Gasteiger partial charge is 0.114 e. The number of benzene rings is 2. The maximum absolute atomic E-state index is 4.72. The molecule has 1 aliphatic heterocycles. The third-order valence-electron chi connectivity index (χ3n) is 3.53. The first-order valence-corrected chi connectivity index (χ1v) is 5.93. The average Bonchev–Trinajstić information content (AvgIpc) is 2.73. The number of rotatable bonds is 0. The van der Waals surface area contributed by atoms with E-state index < -0.39 is 0 Å². The van der Waals surface area contributed by atoms with E-state index in [0.29, 0.717) is 0 Å². The van der Waals surface area contributed by atoms with Crippen LogP contribution in [0.3, 0.4) is 0 Å². The van der Waals surface area contributed by atoms with Crippen molar-refractivity contribution in [2.75, 3.05) is 0 Å². The summed E-state index contributed by atoms with van der Waals surface area (Å²) in [4.78, 5) is 4.72. The Balaban J connectivity index is 1.97. The molecule has 1 aliphatic rings. The first-order chi connectivity index (χ1) is 8.42. The van der Waals surface area contributed by atoms with Gasteiger partial charge in [0.15, 0.2) is 0 Å². The van der Waals surface area contributed by atoms with Crippen LogP contribution in [0.15, 0.2) is 48.5 Å². The summed E-state index contributed by atoms with van der Waals surface area (Å²) in [7, 11) is 0. The lowest BCUT2D eigenvalue weighted by Gasteiger charge is -2.18. The van der Waals surface area contributed by atoms with Crippen LogP contribution < -0.4 is 0 Å². The maximum atomic E-state index is 4.72. The Morgan fingerprint density at radius 1 is 0.882 bits per heavy atom. The summed E-state index contributed by atoms with van der Waals surface area (Å²) in [6.45, 7) is 0.950. The Morgan fingerprint density at radius 2 is 1.65 bits per heavy atom. The van der Waals surface area contributed by atoms with Crippen molar-refractivity contribution in [1.82, 2.24) is 9.55 Å². The van der Waals surface area contributed by atoms with E-state index >= 15 is 0 Å². The Hall–Kier alpha value is -2.09. The highest BCUT2D eigenvalue weighted by Crippen LogP contribution is 2.26. The summed E-state index contributed by atoms with van der Waals surface area (Å²) in [5, 5.41) is 0. The molecule has 1 aromatic heterocycles. The van der Waals surface area contributed by atoms with Crippen molar-refractivity contribution in [1.29, 1.82) is 0 Å². The minimum absolute atomic E-state index is 0.949. The van der Waals surface area contributed by atoms with Gasteiger partial charge < -0.3 is 4.57 Å². The zero-order valence-corrected chi connectivity index (χ0v) is 9.43. The van der Waals surface area contributed by atoms with Crippen molar-refractivity contribution in [2.45, 2.75) is 13.0 Å². The van der Waals surface area contributed by atoms with Gasteiger partial charge in [-0.3, -0.25) is 0 Å². The summed E-state index contributed by atoms with van der Waals surface area (Å²) < 4.78 is 2.33. The molecule has 2 heteroatoms. The molecule has 17 heavy (non-hydrogen) atoms. The molecular formula is C15H12N2. The number of hydrogen-bond acceptors (Lipinski definition) is 1. The third-order valence-corrected chi connectivity index (χ3v) is 3.53. The maximum Gasteiger partial charge on any atom is 0.114 e. The number of para-hydroxylation sites is 2. The molecule has 0 saturated heterocycles. The van der Waals surface area contributed by atoms with Crippen LogP contribution in [0, 0.1) is 0 Å². The van der Waals surface area contributed by atoms with Crippen molar-refractivity contribution in [3.8, 4) is 0 Å². The molecule has 0 radical (unpaired) electrons. The minimum Gasteiger partial charge on any atom is -0.323 e. The number of imidazole rings is 1. The van der Waals surface area contributed by atoms with E-state index in [1.165, 1.54) is 22.5 Å². The van der Waals surface area contributed by atoms with Crippen molar-refractivity contribution in [3.05, 3.63) is 65.5 Å². The van der Waals surface area contributed by atoms with E-state index in [1.54, 1.807) is 0 Å². The van der Waals surface area contributed by atoms with Gasteiger partial charge in [0, 0.05) is 13.0 Å². The highest BCUT2D eigenvalue weighted by molar-refractivity contribution is 5.76. The molecule has 0 amide bonds. The molecule has 2 heterocycles. The van der Waals surface area contributed by atoms with Crippen molar-refractivity contribution < 1.29 is 0 Å². The summed E-state index contributed by atoms with van der Waals surface area (Å²) in [5.74, 6) is 1.19. The lowest BCUT2D eigenvalue weighted by Crippen LogP contribution is -2.13. The molecule has 4 rings (SSSR count). The topological polar surface area (TPSA) is 17.8 Å². The fourth-order valence-corrected chi connectivity index (χ4v) is 2.66. The third kappa shape index (κ3) is 1.24. The van der Waals surface area contributed by atoms with Gasteiger partial charge >= 0.3 is 0 Å². The van der Waals surface area contributed by atoms with Crippen molar-refractivity contribution in [3.63, 3.8) is 0 Å². The second kappa shape index (κ2) is 3.20. The zero-order valence-electron chi connectivity index (χ0n) is 9.43. The van der Waals surface area contributed by atoms with Gasteiger partial charge in [-0.05, 0) is 23.3 Å². The summed E-state index contributed by atoms with van der Waals surface area (Å²) in [6.07, 6.45) is 0.949. The van der Waals surface area contributed by atoms with Gasteiger partial charge in [0.25, 0.3) is 0 Å². The largest absolute Gasteiger partial charge is 0.323 e. The fourth-order valence-electron chi connectivity index (χ4n) is 2.66. The van der Waals surface area contributed by atoms with Crippen LogP contribution in [0.4, 0.5) is 0 Å². The van der Waals surface area contributed by atoms with Crippen LogP contribution in [-0.4, -0.2) is 9.55 Å². The first kappa shape index (κ1) is 8.99. The standard InChI is InChI=1S/C15H12N2/c1-2-6-12-10-17-14-8-4-3-7-13(14)16-15(17)9-11(12)5-1/h1-8H,9-10H2. The highest BCUT2D eigenvalue weighted by atomic mass is 15.1. The van der Waals surface area contributed by atoms with Gasteiger partial charge in [0.2, 0.25) is 0 Å². The Kier molecular flexibility index (Phi) is 1.69. The number of fused-ring (bicyclic) bond motifs is 4. The molecule has 82 valence electrons. The molecule has 0 bridgehead atoms. The van der Waals surface area contributed by atoms with Crippen LogP contribution in [-0.2, 0) is 13.0 Å². The minimum atomic E-state index is 0.949. The molecule has 0 spiro atoms. The van der Waals surface area contributed by atoms with Gasteiger partial charge in [0.05, 0.1) is 11.0 Å². The van der Waals surface area contributed by atoms with Crippen LogP contribution >= 0.6 is 0 Å². The second-order valence-corrected chi connectivity index (χ2v) is 4.55. The van der Waals surface area contributed by atoms with Crippen molar-refractivity contribution in [2.24, 2.45) is 0 Å². The number of aromatic nitrogens is 2. The highest BCUT2D eigenvalue weighted by Gasteiger charge is 2.17. The Morgan fingerprint density at radius 3 is 2.59 bits per heavy atom. The van der Waals surface area contributed by atoms with Crippen molar-refractivity contribution >= 4 is 11.0 Å². The van der Waals surface area contributed by atoms with Gasteiger partial charge in [-0.25, -0.2) is 4.98 Å². The molecule has 3 aromatic rings. The molecule has 0 atom stereocenters. The number of hydrogen-bond donors (Lipinski definition) is 0. The molecule has 2 aromatic carbocycles. The molecule has 0 fully saturated rings. The van der Waals surface area contributed by atoms with E-state index in [-0.39, 0.29) is 0 Å². The van der Waals surface area contributed by atoms with Gasteiger partial charge in [-0.2, -0.15) is 0 Å². The lowest BCUT2D eigenvalue weighted by atomic mass is 10.0. The predicted octanol–water partition coefficient (Wildman–Crippen LogP) is 2.99. The van der Waals surface area contributed by atoms with E-state index in [2.05, 4.69) is 53.1 Å². The summed E-state index contributed by atoms with van der Waals surface area (Å²) >= 11 is 0. The van der Waals surface area contributed by atoms with E-state index in [4.69, 9.17) is 4.98 Å². The summed E-state index contributed by atoms with van der Waals surface area (Å²) in [6, 6.07) is 17.0. The molecule has 0 saturated carbocycles. The molecule has 0 aliphatic carbocycles. The lowest BCUT2D eigenvalue weighted by molar-refractivity contribution is 0.720. The quantitative estimate of drug-likeness (QED) is 0.445. The average molecular weight is 220 g/mol. The predicted molar refractivity (Wildman–Crippen MR) is 68.1 cm³/mol. The van der Waals surface area contributed by atoms with Crippen LogP contribution in [0.2, 0.25) is 0 Å². The van der Waals surface area contributed by atoms with Crippen LogP contribution in [0.5, 0.6) is 0 Å². The molecule has 2 nitrogen and oxygen atoms in total. The molecule has 0 N–H and O–H groups in total. The fraction of sp³-hybridized carbons (Fsp3) is 0.133. The van der Waals surface area contributed by atoms with Crippen LogP contribution in [0.1, 0.15) is 17.0 Å². The van der Waals surface area contributed by atoms with E-state index in [9.17, 15) is 0 Å². The molecular weight excluding hydrogens is 208 g/mol. The van der Waals surface area contributed by atoms with Gasteiger partial charge in [-0.15, -0.1) is 0 Å². The Labute approximate surface area is 99.5 Å². The molecule has 0 unspecified atom stereocenters. The zero-order chi connectivity index (χ0) is 11.2. The van der Waals surface area contributed by atoms with Crippen LogP contribution in [0.25, 0.3) is 11.0 Å². The summed E-state index contributed by atoms with van der Waals surface area (Å²) in [5.41, 5.74) is 5.19. The van der Waals surface area contributed by atoms with Gasteiger partial charge in [-0.1, -0.05) is 36.4 Å². The second-order valence-electron chi connectivity index (χ2n) is 4.55. The Bertz CT molecular complexity index is 710. The van der Waals surface area contributed by atoms with E-state index in [1.807, 2.05) is 0 Å².